The lowest BCUT2D eigenvalue weighted by Gasteiger charge is -2.30. The first kappa shape index (κ1) is 16.8. The van der Waals surface area contributed by atoms with Gasteiger partial charge in [-0.3, -0.25) is 4.79 Å². The molecule has 1 saturated heterocycles. The number of nitrogens with one attached hydrogen (secondary N) is 1. The van der Waals surface area contributed by atoms with Crippen LogP contribution >= 0.6 is 0 Å². The number of ether oxygens (including phenoxy) is 1. The molecule has 122 valence electrons. The molecule has 1 aromatic carbocycles. The molecule has 4 heteroatoms. The van der Waals surface area contributed by atoms with Gasteiger partial charge in [0.05, 0.1) is 0 Å². The summed E-state index contributed by atoms with van der Waals surface area (Å²) in [5.74, 6) is 0.789. The quantitative estimate of drug-likeness (QED) is 0.929. The zero-order valence-corrected chi connectivity index (χ0v) is 14.4. The Morgan fingerprint density at radius 1 is 1.27 bits per heavy atom. The van der Waals surface area contributed by atoms with Gasteiger partial charge in [-0.15, -0.1) is 0 Å². The molecule has 1 aromatic rings. The molecular weight excluding hydrogens is 276 g/mol. The van der Waals surface area contributed by atoms with Crippen molar-refractivity contribution in [3.63, 3.8) is 0 Å². The molecular formula is C18H28N2O2. The molecule has 1 aliphatic heterocycles. The lowest BCUT2D eigenvalue weighted by molar-refractivity contribution is -0.128. The van der Waals surface area contributed by atoms with Gasteiger partial charge in [-0.05, 0) is 83.4 Å². The second-order valence-electron chi connectivity index (χ2n) is 6.55. The monoisotopic (exact) mass is 304 g/mol. The minimum Gasteiger partial charge on any atom is -0.481 e. The molecule has 0 bridgehead atoms. The van der Waals surface area contributed by atoms with Gasteiger partial charge >= 0.3 is 0 Å². The number of piperidine rings is 1. The van der Waals surface area contributed by atoms with E-state index in [1.54, 1.807) is 0 Å². The summed E-state index contributed by atoms with van der Waals surface area (Å²) in [7, 11) is 2.12. The van der Waals surface area contributed by atoms with Crippen LogP contribution in [-0.4, -0.2) is 43.1 Å². The maximum absolute atomic E-state index is 12.3. The largest absolute Gasteiger partial charge is 0.481 e. The first-order chi connectivity index (χ1) is 10.4. The smallest absolute Gasteiger partial charge is 0.260 e. The van der Waals surface area contributed by atoms with Gasteiger partial charge in [-0.2, -0.15) is 0 Å². The van der Waals surface area contributed by atoms with Gasteiger partial charge in [0.25, 0.3) is 5.91 Å². The number of aryl methyl sites for hydroxylation is 2. The van der Waals surface area contributed by atoms with E-state index in [1.165, 1.54) is 5.56 Å². The van der Waals surface area contributed by atoms with Crippen molar-refractivity contribution in [1.82, 2.24) is 10.2 Å². The minimum atomic E-state index is -0.473. The number of hydrogen-bond donors (Lipinski definition) is 1. The van der Waals surface area contributed by atoms with E-state index in [-0.39, 0.29) is 11.9 Å². The summed E-state index contributed by atoms with van der Waals surface area (Å²) in [6, 6.07) is 4.41. The molecule has 1 unspecified atom stereocenters. The van der Waals surface area contributed by atoms with Crippen LogP contribution in [-0.2, 0) is 4.79 Å². The summed E-state index contributed by atoms with van der Waals surface area (Å²) in [4.78, 5) is 14.6. The first-order valence-corrected chi connectivity index (χ1v) is 8.10. The van der Waals surface area contributed by atoms with Crippen LogP contribution in [0.3, 0.4) is 0 Å². The summed E-state index contributed by atoms with van der Waals surface area (Å²) in [5.41, 5.74) is 3.45. The number of benzene rings is 1. The predicted molar refractivity (Wildman–Crippen MR) is 89.4 cm³/mol. The Morgan fingerprint density at radius 2 is 1.91 bits per heavy atom. The van der Waals surface area contributed by atoms with Crippen molar-refractivity contribution >= 4 is 5.91 Å². The average molecular weight is 304 g/mol. The van der Waals surface area contributed by atoms with Gasteiger partial charge in [0, 0.05) is 6.04 Å². The average Bonchev–Trinajstić information content (AvgIpc) is 2.46. The molecule has 1 N–H and O–H groups in total. The number of carbonyl (C=O) groups excluding carboxylic acids is 1. The fourth-order valence-corrected chi connectivity index (χ4v) is 2.84. The van der Waals surface area contributed by atoms with Gasteiger partial charge in [-0.1, -0.05) is 6.07 Å². The van der Waals surface area contributed by atoms with Crippen LogP contribution in [0.5, 0.6) is 5.75 Å². The summed E-state index contributed by atoms with van der Waals surface area (Å²) in [6.45, 7) is 10.0. The Labute approximate surface area is 133 Å². The third kappa shape index (κ3) is 4.23. The van der Waals surface area contributed by atoms with E-state index in [4.69, 9.17) is 4.74 Å². The summed E-state index contributed by atoms with van der Waals surface area (Å²) in [6.07, 6.45) is 1.55. The van der Waals surface area contributed by atoms with Gasteiger partial charge in [0.15, 0.2) is 6.10 Å². The summed E-state index contributed by atoms with van der Waals surface area (Å²) in [5, 5.41) is 3.12. The number of nitrogens with zero attached hydrogens (tertiary/aromatic N) is 1. The zero-order valence-electron chi connectivity index (χ0n) is 14.4. The Morgan fingerprint density at radius 3 is 2.55 bits per heavy atom. The van der Waals surface area contributed by atoms with Crippen molar-refractivity contribution in [2.75, 3.05) is 20.1 Å². The lowest BCUT2D eigenvalue weighted by atomic mass is 10.0. The number of hydrogen-bond acceptors (Lipinski definition) is 3. The third-order valence-electron chi connectivity index (χ3n) is 4.50. The number of likely N-dealkylation sites (tertiary alicyclic amines) is 1. The van der Waals surface area contributed by atoms with Gasteiger partial charge in [-0.25, -0.2) is 0 Å². The summed E-state index contributed by atoms with van der Waals surface area (Å²) < 4.78 is 5.91. The predicted octanol–water partition coefficient (Wildman–Crippen LogP) is 2.59. The van der Waals surface area contributed by atoms with Crippen LogP contribution in [0.15, 0.2) is 12.1 Å². The van der Waals surface area contributed by atoms with Crippen LogP contribution in [0.25, 0.3) is 0 Å². The van der Waals surface area contributed by atoms with Crippen LogP contribution in [0, 0.1) is 20.8 Å². The van der Waals surface area contributed by atoms with Crippen molar-refractivity contribution in [3.8, 4) is 5.75 Å². The Kier molecular flexibility index (Phi) is 5.46. The summed E-state index contributed by atoms with van der Waals surface area (Å²) >= 11 is 0. The standard InChI is InChI=1S/C18H28N2O2/c1-12-10-13(2)14(3)17(11-12)22-15(4)18(21)19-16-6-8-20(5)9-7-16/h10-11,15-16H,6-9H2,1-5H3,(H,19,21). The second-order valence-corrected chi connectivity index (χ2v) is 6.55. The molecule has 1 atom stereocenters. The normalized spacial score (nSPS) is 18.0. The highest BCUT2D eigenvalue weighted by Gasteiger charge is 2.22. The van der Waals surface area contributed by atoms with Crippen molar-refractivity contribution in [2.24, 2.45) is 0 Å². The highest BCUT2D eigenvalue weighted by molar-refractivity contribution is 5.81. The van der Waals surface area contributed by atoms with Crippen LogP contribution in [0.2, 0.25) is 0 Å². The Balaban J connectivity index is 1.94. The number of rotatable bonds is 4. The molecule has 1 aliphatic rings. The molecule has 1 heterocycles. The highest BCUT2D eigenvalue weighted by atomic mass is 16.5. The number of carbonyl (C=O) groups is 1. The van der Waals surface area contributed by atoms with E-state index in [9.17, 15) is 4.79 Å². The van der Waals surface area contributed by atoms with Crippen LogP contribution in [0.1, 0.15) is 36.5 Å². The SMILES string of the molecule is Cc1cc(C)c(C)c(OC(C)C(=O)NC2CCN(C)CC2)c1. The maximum Gasteiger partial charge on any atom is 0.260 e. The van der Waals surface area contributed by atoms with E-state index < -0.39 is 6.10 Å². The van der Waals surface area contributed by atoms with E-state index in [0.29, 0.717) is 0 Å². The van der Waals surface area contributed by atoms with E-state index in [0.717, 1.165) is 42.8 Å². The minimum absolute atomic E-state index is 0.0203. The molecule has 0 aliphatic carbocycles. The molecule has 22 heavy (non-hydrogen) atoms. The van der Waals surface area contributed by atoms with Gasteiger partial charge in [0.1, 0.15) is 5.75 Å². The van der Waals surface area contributed by atoms with Crippen LogP contribution < -0.4 is 10.1 Å². The fraction of sp³-hybridized carbons (Fsp3) is 0.611. The van der Waals surface area contributed by atoms with E-state index >= 15 is 0 Å². The zero-order chi connectivity index (χ0) is 16.3. The van der Waals surface area contributed by atoms with Crippen molar-refractivity contribution in [2.45, 2.75) is 52.7 Å². The molecule has 0 saturated carbocycles. The Hall–Kier alpha value is -1.55. The first-order valence-electron chi connectivity index (χ1n) is 8.10. The molecule has 0 spiro atoms. The third-order valence-corrected chi connectivity index (χ3v) is 4.50. The Bertz CT molecular complexity index is 534. The molecule has 0 radical (unpaired) electrons. The highest BCUT2D eigenvalue weighted by Crippen LogP contribution is 2.24. The van der Waals surface area contributed by atoms with E-state index in [1.807, 2.05) is 26.8 Å². The van der Waals surface area contributed by atoms with Crippen molar-refractivity contribution in [1.29, 1.82) is 0 Å². The van der Waals surface area contributed by atoms with Crippen molar-refractivity contribution in [3.05, 3.63) is 28.8 Å². The van der Waals surface area contributed by atoms with E-state index in [2.05, 4.69) is 30.3 Å². The maximum atomic E-state index is 12.3. The topological polar surface area (TPSA) is 41.6 Å². The molecule has 1 fully saturated rings. The van der Waals surface area contributed by atoms with Gasteiger partial charge < -0.3 is 15.0 Å². The molecule has 2 rings (SSSR count). The molecule has 0 aromatic heterocycles. The molecule has 4 nitrogen and oxygen atoms in total. The van der Waals surface area contributed by atoms with Gasteiger partial charge in [0.2, 0.25) is 0 Å². The second kappa shape index (κ2) is 7.14. The number of amides is 1. The lowest BCUT2D eigenvalue weighted by Crippen LogP contribution is -2.47. The fourth-order valence-electron chi connectivity index (χ4n) is 2.84. The molecule has 1 amide bonds. The van der Waals surface area contributed by atoms with Crippen LogP contribution in [0.4, 0.5) is 0 Å². The van der Waals surface area contributed by atoms with Crippen molar-refractivity contribution < 1.29 is 9.53 Å².